The quantitative estimate of drug-likeness (QED) is 0.241. The zero-order valence-corrected chi connectivity index (χ0v) is 26.5. The summed E-state index contributed by atoms with van der Waals surface area (Å²) < 4.78 is 1.74. The first-order valence-electron chi connectivity index (χ1n) is 15.4. The van der Waals surface area contributed by atoms with Crippen LogP contribution in [0.5, 0.6) is 0 Å². The number of aromatic nitrogens is 4. The van der Waals surface area contributed by atoms with Crippen molar-refractivity contribution < 1.29 is 12.4 Å². The highest BCUT2D eigenvalue weighted by molar-refractivity contribution is 7.13. The molecule has 1 aliphatic carbocycles. The fraction of sp³-hybridized carbons (Fsp3) is 0.469. The van der Waals surface area contributed by atoms with Crippen molar-refractivity contribution in [2.24, 2.45) is 5.92 Å². The van der Waals surface area contributed by atoms with Gasteiger partial charge < -0.3 is 15.5 Å². The Bertz CT molecular complexity index is 1550. The molecule has 0 aromatic carbocycles. The Hall–Kier alpha value is -3.83. The Morgan fingerprint density at radius 2 is 1.88 bits per heavy atom. The van der Waals surface area contributed by atoms with E-state index >= 15 is 0 Å². The first-order valence-corrected chi connectivity index (χ1v) is 16.3. The van der Waals surface area contributed by atoms with Crippen LogP contribution < -0.4 is 15.5 Å². The summed E-state index contributed by atoms with van der Waals surface area (Å²) in [5.41, 5.74) is 3.48. The van der Waals surface area contributed by atoms with Crippen molar-refractivity contribution in [3.63, 3.8) is 0 Å². The lowest BCUT2D eigenvalue weighted by Gasteiger charge is -2.40. The van der Waals surface area contributed by atoms with E-state index in [4.69, 9.17) is 9.97 Å². The number of fused-ring (bicyclic) bond motifs is 1. The second-order valence-electron chi connectivity index (χ2n) is 10.9. The topological polar surface area (TPSA) is 108 Å². The predicted octanol–water partition coefficient (Wildman–Crippen LogP) is 5.21. The third kappa shape index (κ3) is 6.88. The fourth-order valence-corrected chi connectivity index (χ4v) is 5.99. The lowest BCUT2D eigenvalue weighted by atomic mass is 10.1. The van der Waals surface area contributed by atoms with E-state index in [1.165, 1.54) is 0 Å². The van der Waals surface area contributed by atoms with Crippen LogP contribution in [0.15, 0.2) is 48.1 Å². The lowest BCUT2D eigenvalue weighted by Crippen LogP contribution is -2.60. The zero-order valence-electron chi connectivity index (χ0n) is 25.7. The van der Waals surface area contributed by atoms with Crippen molar-refractivity contribution in [2.45, 2.75) is 59.5 Å². The second-order valence-corrected chi connectivity index (χ2v) is 11.8. The monoisotopic (exact) mass is 606 g/mol. The van der Waals surface area contributed by atoms with Gasteiger partial charge in [-0.1, -0.05) is 33.8 Å². The maximum absolute atomic E-state index is 13.4. The van der Waals surface area contributed by atoms with Crippen LogP contribution in [0.4, 0.5) is 5.82 Å². The smallest absolute Gasteiger partial charge is 0.251 e. The second kappa shape index (κ2) is 13.6. The molecule has 0 radical (unpaired) electrons. The van der Waals surface area contributed by atoms with E-state index in [0.717, 1.165) is 42.1 Å². The molecule has 43 heavy (non-hydrogen) atoms. The van der Waals surface area contributed by atoms with Crippen LogP contribution in [-0.2, 0) is 4.79 Å². The normalized spacial score (nSPS) is 15.5. The summed E-state index contributed by atoms with van der Waals surface area (Å²) in [5.74, 6) is 0.895. The summed E-state index contributed by atoms with van der Waals surface area (Å²) in [6, 6.07) is 9.98. The molecule has 232 valence electrons. The molecule has 1 saturated carbocycles. The summed E-state index contributed by atoms with van der Waals surface area (Å²) in [6.45, 7) is 14.1. The molecule has 11 heteroatoms. The first kappa shape index (κ1) is 30.6. The number of nitrogens with one attached hydrogen (secondary N) is 2. The van der Waals surface area contributed by atoms with Crippen LogP contribution >= 0.6 is 11.3 Å². The van der Waals surface area contributed by atoms with Crippen LogP contribution in [-0.4, -0.2) is 81.1 Å². The highest BCUT2D eigenvalue weighted by atomic mass is 32.1. The van der Waals surface area contributed by atoms with Crippen LogP contribution in [0, 0.1) is 5.92 Å². The number of carbonyl (C=O) groups excluding carboxylic acids is 2. The van der Waals surface area contributed by atoms with Gasteiger partial charge in [-0.2, -0.15) is 5.10 Å². The summed E-state index contributed by atoms with van der Waals surface area (Å²) in [5, 5.41) is 12.8. The van der Waals surface area contributed by atoms with Gasteiger partial charge in [-0.05, 0) is 62.5 Å². The van der Waals surface area contributed by atoms with Gasteiger partial charge >= 0.3 is 0 Å². The number of hydrogen-bond acceptors (Lipinski definition) is 8. The van der Waals surface area contributed by atoms with Crippen molar-refractivity contribution in [1.29, 1.82) is 0 Å². The number of amides is 2. The fourth-order valence-electron chi connectivity index (χ4n) is 5.30. The molecule has 5 heterocycles. The molecule has 2 amide bonds. The van der Waals surface area contributed by atoms with E-state index in [2.05, 4.69) is 46.3 Å². The molecule has 2 fully saturated rings. The van der Waals surface area contributed by atoms with Gasteiger partial charge in [0.05, 0.1) is 34.1 Å². The molecule has 1 saturated heterocycles. The third-order valence-corrected chi connectivity index (χ3v) is 8.88. The number of likely N-dealkylation sites (N-methyl/N-ethyl adjacent to an activating group) is 1. The maximum Gasteiger partial charge on any atom is 0.251 e. The third-order valence-electron chi connectivity index (χ3n) is 7.99. The molecular weight excluding hydrogens is 560 g/mol. The Kier molecular flexibility index (Phi) is 9.72. The van der Waals surface area contributed by atoms with E-state index in [0.29, 0.717) is 42.4 Å². The van der Waals surface area contributed by atoms with Crippen molar-refractivity contribution in [2.75, 3.05) is 37.6 Å². The summed E-state index contributed by atoms with van der Waals surface area (Å²) >= 11 is 1.63. The van der Waals surface area contributed by atoms with Gasteiger partial charge in [0.25, 0.3) is 5.91 Å². The van der Waals surface area contributed by atoms with Crippen molar-refractivity contribution in [3.8, 4) is 21.8 Å². The van der Waals surface area contributed by atoms with Gasteiger partial charge in [-0.3, -0.25) is 14.5 Å². The molecule has 1 unspecified atom stereocenters. The Balaban J connectivity index is 0.00000135. The number of carbonyl (C=O) groups is 2. The molecule has 6 rings (SSSR count). The highest BCUT2D eigenvalue weighted by Gasteiger charge is 2.35. The highest BCUT2D eigenvalue weighted by Crippen LogP contribution is 2.31. The van der Waals surface area contributed by atoms with E-state index in [9.17, 15) is 9.59 Å². The minimum atomic E-state index is -0.142. The molecule has 1 aliphatic heterocycles. The van der Waals surface area contributed by atoms with Gasteiger partial charge in [0.2, 0.25) is 5.91 Å². The van der Waals surface area contributed by atoms with Gasteiger partial charge in [0, 0.05) is 46.2 Å². The van der Waals surface area contributed by atoms with Crippen LogP contribution in [0.25, 0.3) is 27.5 Å². The maximum atomic E-state index is 13.4. The van der Waals surface area contributed by atoms with Crippen molar-refractivity contribution in [1.82, 2.24) is 35.1 Å². The summed E-state index contributed by atoms with van der Waals surface area (Å²) in [6.07, 6.45) is 5.62. The number of anilines is 1. The summed E-state index contributed by atoms with van der Waals surface area (Å²) in [4.78, 5) is 41.1. The van der Waals surface area contributed by atoms with Gasteiger partial charge in [0.15, 0.2) is 5.65 Å². The van der Waals surface area contributed by atoms with Gasteiger partial charge in [0.1, 0.15) is 5.82 Å². The molecule has 4 aromatic heterocycles. The van der Waals surface area contributed by atoms with Gasteiger partial charge in [-0.15, -0.1) is 11.3 Å². The summed E-state index contributed by atoms with van der Waals surface area (Å²) in [7, 11) is 0. The number of thiophene rings is 1. The molecule has 2 aliphatic rings. The lowest BCUT2D eigenvalue weighted by molar-refractivity contribution is -0.123. The number of pyridine rings is 1. The molecular formula is C32H46N8O2S. The Morgan fingerprint density at radius 1 is 1.12 bits per heavy atom. The average molecular weight is 607 g/mol. The van der Waals surface area contributed by atoms with E-state index in [-0.39, 0.29) is 32.7 Å². The first-order chi connectivity index (χ1) is 20.9. The number of hydrogen-bond donors (Lipinski definition) is 2. The molecule has 2 N–H and O–H groups in total. The number of rotatable bonds is 11. The molecule has 0 spiro atoms. The molecule has 1 atom stereocenters. The zero-order chi connectivity index (χ0) is 30.5. The number of nitrogens with zero attached hydrogens (tertiary/aromatic N) is 6. The standard InChI is InChI=1S/C30H36N8O2S.C2H6.2H2/c1-4-36(5-2)19(3)15-31-29(39)21-13-25(34-27(14-21)37-17-22(18-37)33-30(40)20-8-9-20)23-16-32-38-11-10-24(35-28(23)38)26-7-6-12-41-26;1-2;;/h6-7,10-14,16,19-20,22H,4-5,8-9,15,17-18H2,1-3H3,(H,31,39)(H,33,40);1-2H3;2*1H. The minimum Gasteiger partial charge on any atom is -0.352 e. The molecule has 4 aromatic rings. The largest absolute Gasteiger partial charge is 0.352 e. The van der Waals surface area contributed by atoms with Crippen molar-refractivity contribution >= 4 is 34.6 Å². The van der Waals surface area contributed by atoms with Crippen LogP contribution in [0.2, 0.25) is 0 Å². The average Bonchev–Trinajstić information content (AvgIpc) is 3.55. The van der Waals surface area contributed by atoms with E-state index in [1.807, 2.05) is 55.8 Å². The minimum absolute atomic E-state index is 0. The molecule has 0 bridgehead atoms. The van der Waals surface area contributed by atoms with E-state index < -0.39 is 0 Å². The Labute approximate surface area is 260 Å². The Morgan fingerprint density at radius 3 is 2.56 bits per heavy atom. The SMILES string of the molecule is CC.CCN(CC)C(C)CNC(=O)c1cc(-c2cnn3ccc(-c4cccs4)nc23)nc(N2CC(NC(=O)C3CC3)C2)c1.[HH].[HH]. The predicted molar refractivity (Wildman–Crippen MR) is 177 cm³/mol. The van der Waals surface area contributed by atoms with Crippen LogP contribution in [0.1, 0.15) is 60.7 Å². The van der Waals surface area contributed by atoms with Crippen molar-refractivity contribution in [3.05, 3.63) is 53.7 Å². The van der Waals surface area contributed by atoms with E-state index in [1.54, 1.807) is 22.0 Å². The van der Waals surface area contributed by atoms with Crippen LogP contribution in [0.3, 0.4) is 0 Å². The van der Waals surface area contributed by atoms with Gasteiger partial charge in [-0.25, -0.2) is 14.5 Å². The molecule has 10 nitrogen and oxygen atoms in total.